The summed E-state index contributed by atoms with van der Waals surface area (Å²) in [4.78, 5) is 3.80. The number of piperazine rings is 1. The van der Waals surface area contributed by atoms with E-state index in [0.717, 1.165) is 49.3 Å². The number of nitrogens with zero attached hydrogens (tertiary/aromatic N) is 1. The molecule has 6 heteroatoms. The second-order valence-corrected chi connectivity index (χ2v) is 7.00. The fraction of sp³-hybridized carbons (Fsp3) is 0.316. The molecule has 0 radical (unpaired) electrons. The van der Waals surface area contributed by atoms with Gasteiger partial charge in [-0.2, -0.15) is 0 Å². The van der Waals surface area contributed by atoms with Gasteiger partial charge in [-0.05, 0) is 30.4 Å². The molecule has 1 aliphatic rings. The molecule has 1 fully saturated rings. The van der Waals surface area contributed by atoms with Crippen molar-refractivity contribution in [1.82, 2.24) is 4.90 Å². The maximum Gasteiger partial charge on any atom is 0.173 e. The SMILES string of the molecule is COc1ccc(Cl)cc1NC(=S)N1CC[NH+](Cc2ccccc2)CC1. The van der Waals surface area contributed by atoms with Gasteiger partial charge in [0, 0.05) is 10.6 Å². The Hall–Kier alpha value is -1.82. The van der Waals surface area contributed by atoms with Crippen LogP contribution in [0.15, 0.2) is 48.5 Å². The zero-order valence-electron chi connectivity index (χ0n) is 14.3. The van der Waals surface area contributed by atoms with Gasteiger partial charge in [0.15, 0.2) is 5.11 Å². The summed E-state index contributed by atoms with van der Waals surface area (Å²) in [6.07, 6.45) is 0. The molecule has 0 amide bonds. The van der Waals surface area contributed by atoms with Crippen LogP contribution in [0.25, 0.3) is 0 Å². The molecule has 1 saturated heterocycles. The van der Waals surface area contributed by atoms with E-state index in [-0.39, 0.29) is 0 Å². The first-order valence-electron chi connectivity index (χ1n) is 8.42. The van der Waals surface area contributed by atoms with E-state index in [1.807, 2.05) is 12.1 Å². The lowest BCUT2D eigenvalue weighted by atomic mass is 10.2. The Morgan fingerprint density at radius 3 is 2.60 bits per heavy atom. The molecule has 1 heterocycles. The second-order valence-electron chi connectivity index (χ2n) is 6.17. The highest BCUT2D eigenvalue weighted by Gasteiger charge is 2.22. The summed E-state index contributed by atoms with van der Waals surface area (Å²) in [5, 5.41) is 4.65. The summed E-state index contributed by atoms with van der Waals surface area (Å²) >= 11 is 11.7. The zero-order valence-corrected chi connectivity index (χ0v) is 15.9. The van der Waals surface area contributed by atoms with E-state index in [9.17, 15) is 0 Å². The molecule has 2 aromatic carbocycles. The highest BCUT2D eigenvalue weighted by atomic mass is 35.5. The Labute approximate surface area is 159 Å². The molecule has 132 valence electrons. The zero-order chi connectivity index (χ0) is 17.6. The second kappa shape index (κ2) is 8.52. The van der Waals surface area contributed by atoms with E-state index in [1.54, 1.807) is 18.1 Å². The molecule has 0 unspecified atom stereocenters. The monoisotopic (exact) mass is 376 g/mol. The van der Waals surface area contributed by atoms with E-state index in [1.165, 1.54) is 5.56 Å². The van der Waals surface area contributed by atoms with E-state index in [2.05, 4.69) is 40.5 Å². The first kappa shape index (κ1) is 18.0. The molecule has 0 saturated carbocycles. The third kappa shape index (κ3) is 4.84. The first-order chi connectivity index (χ1) is 12.2. The summed E-state index contributed by atoms with van der Waals surface area (Å²) in [6.45, 7) is 5.09. The number of methoxy groups -OCH3 is 1. The molecule has 3 rings (SSSR count). The maximum atomic E-state index is 6.08. The molecular formula is C19H23ClN3OS+. The van der Waals surface area contributed by atoms with Gasteiger partial charge in [-0.15, -0.1) is 0 Å². The van der Waals surface area contributed by atoms with Crippen molar-refractivity contribution in [1.29, 1.82) is 0 Å². The van der Waals surface area contributed by atoms with Gasteiger partial charge in [0.2, 0.25) is 0 Å². The topological polar surface area (TPSA) is 28.9 Å². The number of ether oxygens (including phenoxy) is 1. The van der Waals surface area contributed by atoms with Crippen LogP contribution in [0.5, 0.6) is 5.75 Å². The largest absolute Gasteiger partial charge is 0.495 e. The maximum absolute atomic E-state index is 6.08. The number of halogens is 1. The van der Waals surface area contributed by atoms with E-state index < -0.39 is 0 Å². The van der Waals surface area contributed by atoms with Crippen LogP contribution >= 0.6 is 23.8 Å². The molecule has 25 heavy (non-hydrogen) atoms. The molecule has 0 spiro atoms. The predicted molar refractivity (Wildman–Crippen MR) is 107 cm³/mol. The summed E-state index contributed by atoms with van der Waals surface area (Å²) in [5.41, 5.74) is 2.19. The van der Waals surface area contributed by atoms with Crippen LogP contribution in [0, 0.1) is 0 Å². The molecule has 2 aromatic rings. The van der Waals surface area contributed by atoms with Crippen LogP contribution in [-0.2, 0) is 6.54 Å². The van der Waals surface area contributed by atoms with Gasteiger partial charge in [0.05, 0.1) is 39.0 Å². The number of thiocarbonyl (C=S) groups is 1. The normalized spacial score (nSPS) is 15.0. The Bertz CT molecular complexity index is 718. The molecule has 4 nitrogen and oxygen atoms in total. The number of nitrogens with one attached hydrogen (secondary N) is 2. The Morgan fingerprint density at radius 2 is 1.92 bits per heavy atom. The minimum absolute atomic E-state index is 0.656. The minimum atomic E-state index is 0.656. The Morgan fingerprint density at radius 1 is 1.20 bits per heavy atom. The molecule has 0 aromatic heterocycles. The summed E-state index contributed by atoms with van der Waals surface area (Å²) in [7, 11) is 1.64. The number of rotatable bonds is 4. The van der Waals surface area contributed by atoms with Gasteiger partial charge in [-0.3, -0.25) is 0 Å². The summed E-state index contributed by atoms with van der Waals surface area (Å²) in [6, 6.07) is 16.1. The van der Waals surface area contributed by atoms with Crippen LogP contribution in [0.1, 0.15) is 5.56 Å². The lowest BCUT2D eigenvalue weighted by Gasteiger charge is -2.34. The van der Waals surface area contributed by atoms with Crippen molar-refractivity contribution in [3.63, 3.8) is 0 Å². The van der Waals surface area contributed by atoms with Crippen LogP contribution in [0.4, 0.5) is 5.69 Å². The van der Waals surface area contributed by atoms with Crippen molar-refractivity contribution in [2.45, 2.75) is 6.54 Å². The van der Waals surface area contributed by atoms with Crippen LogP contribution < -0.4 is 15.0 Å². The fourth-order valence-electron chi connectivity index (χ4n) is 3.06. The number of benzene rings is 2. The van der Waals surface area contributed by atoms with Gasteiger partial charge >= 0.3 is 0 Å². The smallest absolute Gasteiger partial charge is 0.173 e. The molecule has 0 bridgehead atoms. The number of anilines is 1. The van der Waals surface area contributed by atoms with Crippen molar-refractivity contribution in [3.05, 3.63) is 59.1 Å². The minimum Gasteiger partial charge on any atom is -0.495 e. The summed E-state index contributed by atoms with van der Waals surface area (Å²) in [5.74, 6) is 0.736. The molecule has 0 atom stereocenters. The van der Waals surface area contributed by atoms with Gasteiger partial charge in [-0.1, -0.05) is 41.9 Å². The third-order valence-corrected chi connectivity index (χ3v) is 5.05. The van der Waals surface area contributed by atoms with Crippen molar-refractivity contribution in [3.8, 4) is 5.75 Å². The fourth-order valence-corrected chi connectivity index (χ4v) is 3.52. The summed E-state index contributed by atoms with van der Waals surface area (Å²) < 4.78 is 5.37. The average molecular weight is 377 g/mol. The van der Waals surface area contributed by atoms with Crippen LogP contribution in [0.3, 0.4) is 0 Å². The van der Waals surface area contributed by atoms with Crippen molar-refractivity contribution in [2.75, 3.05) is 38.6 Å². The van der Waals surface area contributed by atoms with Gasteiger partial charge in [0.1, 0.15) is 12.3 Å². The molecule has 0 aliphatic carbocycles. The average Bonchev–Trinajstić information content (AvgIpc) is 2.63. The highest BCUT2D eigenvalue weighted by Crippen LogP contribution is 2.27. The Kier molecular flexibility index (Phi) is 6.13. The van der Waals surface area contributed by atoms with Gasteiger partial charge in [0.25, 0.3) is 0 Å². The number of quaternary nitrogens is 1. The lowest BCUT2D eigenvalue weighted by Crippen LogP contribution is -3.13. The highest BCUT2D eigenvalue weighted by molar-refractivity contribution is 7.80. The van der Waals surface area contributed by atoms with Crippen LogP contribution in [-0.4, -0.2) is 43.3 Å². The first-order valence-corrected chi connectivity index (χ1v) is 9.21. The van der Waals surface area contributed by atoms with Crippen molar-refractivity contribution >= 4 is 34.6 Å². The van der Waals surface area contributed by atoms with Gasteiger partial charge < -0.3 is 19.9 Å². The van der Waals surface area contributed by atoms with Gasteiger partial charge in [-0.25, -0.2) is 0 Å². The quantitative estimate of drug-likeness (QED) is 0.802. The van der Waals surface area contributed by atoms with Crippen molar-refractivity contribution < 1.29 is 9.64 Å². The molecular weight excluding hydrogens is 354 g/mol. The van der Waals surface area contributed by atoms with E-state index >= 15 is 0 Å². The van der Waals surface area contributed by atoms with Crippen molar-refractivity contribution in [2.24, 2.45) is 0 Å². The Balaban J connectivity index is 1.54. The third-order valence-electron chi connectivity index (χ3n) is 4.46. The van der Waals surface area contributed by atoms with Crippen LogP contribution in [0.2, 0.25) is 5.02 Å². The number of hydrogen-bond donors (Lipinski definition) is 2. The number of hydrogen-bond acceptors (Lipinski definition) is 2. The lowest BCUT2D eigenvalue weighted by molar-refractivity contribution is -0.917. The van der Waals surface area contributed by atoms with E-state index in [0.29, 0.717) is 5.02 Å². The van der Waals surface area contributed by atoms with E-state index in [4.69, 9.17) is 28.6 Å². The molecule has 2 N–H and O–H groups in total. The predicted octanol–water partition coefficient (Wildman–Crippen LogP) is 2.45. The molecule has 1 aliphatic heterocycles. The standard InChI is InChI=1S/C19H22ClN3OS/c1-24-18-8-7-16(20)13-17(18)21-19(25)23-11-9-22(10-12-23)14-15-5-3-2-4-6-15/h2-8,13H,9-12,14H2,1H3,(H,21,25)/p+1.